The predicted molar refractivity (Wildman–Crippen MR) is 76.9 cm³/mol. The zero-order valence-electron chi connectivity index (χ0n) is 11.9. The van der Waals surface area contributed by atoms with Crippen LogP contribution in [-0.2, 0) is 6.54 Å². The molecule has 1 aromatic carbocycles. The fourth-order valence-corrected chi connectivity index (χ4v) is 1.86. The highest BCUT2D eigenvalue weighted by molar-refractivity contribution is 5.34. The van der Waals surface area contributed by atoms with E-state index in [9.17, 15) is 10.1 Å². The monoisotopic (exact) mass is 265 g/mol. The zero-order valence-corrected chi connectivity index (χ0v) is 11.9. The molecule has 0 amide bonds. The number of nitrogens with zero attached hydrogens (tertiary/aromatic N) is 2. The van der Waals surface area contributed by atoms with Gasteiger partial charge in [0.1, 0.15) is 0 Å². The molecule has 0 heterocycles. The molecular formula is C14H23N3O2. The third kappa shape index (κ3) is 5.36. The van der Waals surface area contributed by atoms with E-state index in [-0.39, 0.29) is 16.7 Å². The van der Waals surface area contributed by atoms with Gasteiger partial charge in [-0.3, -0.25) is 10.1 Å². The molecule has 0 radical (unpaired) electrons. The van der Waals surface area contributed by atoms with Gasteiger partial charge >= 0.3 is 0 Å². The molecule has 0 saturated carbocycles. The van der Waals surface area contributed by atoms with Gasteiger partial charge in [-0.25, -0.2) is 0 Å². The fourth-order valence-electron chi connectivity index (χ4n) is 1.86. The Hall–Kier alpha value is -1.46. The lowest BCUT2D eigenvalue weighted by atomic mass is 10.0. The third-order valence-corrected chi connectivity index (χ3v) is 3.27. The highest BCUT2D eigenvalue weighted by atomic mass is 16.6. The summed E-state index contributed by atoms with van der Waals surface area (Å²) in [6.07, 6.45) is 0.934. The van der Waals surface area contributed by atoms with Crippen molar-refractivity contribution in [3.63, 3.8) is 0 Å². The van der Waals surface area contributed by atoms with Gasteiger partial charge in [0.25, 0.3) is 5.69 Å². The second-order valence-corrected chi connectivity index (χ2v) is 5.36. The summed E-state index contributed by atoms with van der Waals surface area (Å²) in [7, 11) is 2.01. The second kappa shape index (κ2) is 7.21. The molecule has 5 nitrogen and oxygen atoms in total. The topological polar surface area (TPSA) is 72.4 Å². The minimum absolute atomic E-state index is 0.143. The number of nitro groups is 1. The highest BCUT2D eigenvalue weighted by Crippen LogP contribution is 2.14. The molecular weight excluding hydrogens is 242 g/mol. The van der Waals surface area contributed by atoms with Crippen molar-refractivity contribution >= 4 is 5.69 Å². The van der Waals surface area contributed by atoms with Crippen LogP contribution >= 0.6 is 0 Å². The van der Waals surface area contributed by atoms with Crippen molar-refractivity contribution in [2.24, 2.45) is 11.7 Å². The molecule has 1 unspecified atom stereocenters. The number of benzene rings is 1. The summed E-state index contributed by atoms with van der Waals surface area (Å²) in [4.78, 5) is 12.5. The van der Waals surface area contributed by atoms with Crippen molar-refractivity contribution in [1.29, 1.82) is 0 Å². The van der Waals surface area contributed by atoms with Crippen LogP contribution in [-0.4, -0.2) is 29.5 Å². The van der Waals surface area contributed by atoms with E-state index in [1.807, 2.05) is 13.1 Å². The molecule has 1 rings (SSSR count). The molecule has 1 aromatic rings. The lowest BCUT2D eigenvalue weighted by molar-refractivity contribution is -0.384. The molecule has 0 aliphatic heterocycles. The minimum atomic E-state index is -0.363. The number of rotatable bonds is 7. The first kappa shape index (κ1) is 15.6. The molecule has 0 bridgehead atoms. The van der Waals surface area contributed by atoms with Crippen LogP contribution in [0.2, 0.25) is 0 Å². The van der Waals surface area contributed by atoms with Crippen LogP contribution in [0.1, 0.15) is 25.8 Å². The maximum absolute atomic E-state index is 10.7. The summed E-state index contributed by atoms with van der Waals surface area (Å²) in [6.45, 7) is 5.82. The zero-order chi connectivity index (χ0) is 14.4. The van der Waals surface area contributed by atoms with E-state index >= 15 is 0 Å². The fraction of sp³-hybridized carbons (Fsp3) is 0.571. The molecule has 5 heteroatoms. The average Bonchev–Trinajstić information content (AvgIpc) is 2.36. The lowest BCUT2D eigenvalue weighted by Crippen LogP contribution is -2.31. The second-order valence-electron chi connectivity index (χ2n) is 5.36. The quantitative estimate of drug-likeness (QED) is 0.607. The first-order chi connectivity index (χ1) is 8.90. The van der Waals surface area contributed by atoms with E-state index in [2.05, 4.69) is 18.7 Å². The molecule has 0 spiro atoms. The van der Waals surface area contributed by atoms with Crippen molar-refractivity contribution in [2.45, 2.75) is 32.9 Å². The van der Waals surface area contributed by atoms with E-state index in [1.165, 1.54) is 6.07 Å². The van der Waals surface area contributed by atoms with E-state index in [1.54, 1.807) is 12.1 Å². The maximum atomic E-state index is 10.7. The Kier molecular flexibility index (Phi) is 5.92. The standard InChI is InChI=1S/C14H23N3O2/c1-11(2)14(15)7-8-16(3)10-12-5-4-6-13(9-12)17(18)19/h4-6,9,11,14H,7-8,10,15H2,1-3H3. The summed E-state index contributed by atoms with van der Waals surface area (Å²) < 4.78 is 0. The van der Waals surface area contributed by atoms with Crippen LogP contribution in [0.5, 0.6) is 0 Å². The van der Waals surface area contributed by atoms with Crippen molar-refractivity contribution < 1.29 is 4.92 Å². The van der Waals surface area contributed by atoms with Crippen LogP contribution in [0.25, 0.3) is 0 Å². The maximum Gasteiger partial charge on any atom is 0.269 e. The third-order valence-electron chi connectivity index (χ3n) is 3.27. The Morgan fingerprint density at radius 1 is 1.42 bits per heavy atom. The summed E-state index contributed by atoms with van der Waals surface area (Å²) in [5.41, 5.74) is 7.10. The summed E-state index contributed by atoms with van der Waals surface area (Å²) in [5.74, 6) is 0.478. The largest absolute Gasteiger partial charge is 0.327 e. The minimum Gasteiger partial charge on any atom is -0.327 e. The molecule has 106 valence electrons. The number of nitrogens with two attached hydrogens (primary N) is 1. The van der Waals surface area contributed by atoms with Crippen molar-refractivity contribution in [1.82, 2.24) is 4.90 Å². The summed E-state index contributed by atoms with van der Waals surface area (Å²) in [6, 6.07) is 6.97. The predicted octanol–water partition coefficient (Wildman–Crippen LogP) is 2.40. The SMILES string of the molecule is CC(C)C(N)CCN(C)Cc1cccc([N+](=O)[O-])c1. The number of hydrogen-bond acceptors (Lipinski definition) is 4. The molecule has 0 aromatic heterocycles. The Balaban J connectivity index is 2.50. The van der Waals surface area contributed by atoms with Crippen LogP contribution in [0.4, 0.5) is 5.69 Å². The Bertz CT molecular complexity index is 421. The number of hydrogen-bond donors (Lipinski definition) is 1. The van der Waals surface area contributed by atoms with Crippen LogP contribution in [0.3, 0.4) is 0 Å². The van der Waals surface area contributed by atoms with E-state index in [0.717, 1.165) is 18.5 Å². The number of non-ortho nitro benzene ring substituents is 1. The van der Waals surface area contributed by atoms with Crippen LogP contribution in [0.15, 0.2) is 24.3 Å². The van der Waals surface area contributed by atoms with Gasteiger partial charge in [0.15, 0.2) is 0 Å². The van der Waals surface area contributed by atoms with Gasteiger partial charge in [0.2, 0.25) is 0 Å². The van der Waals surface area contributed by atoms with Gasteiger partial charge < -0.3 is 10.6 Å². The normalized spacial score (nSPS) is 12.9. The van der Waals surface area contributed by atoms with Gasteiger partial charge in [-0.2, -0.15) is 0 Å². The average molecular weight is 265 g/mol. The van der Waals surface area contributed by atoms with Crippen molar-refractivity contribution in [3.05, 3.63) is 39.9 Å². The van der Waals surface area contributed by atoms with E-state index in [0.29, 0.717) is 12.5 Å². The van der Waals surface area contributed by atoms with Gasteiger partial charge in [0, 0.05) is 24.7 Å². The Labute approximate surface area is 114 Å². The smallest absolute Gasteiger partial charge is 0.269 e. The Morgan fingerprint density at radius 3 is 2.68 bits per heavy atom. The van der Waals surface area contributed by atoms with Gasteiger partial charge in [-0.1, -0.05) is 26.0 Å². The van der Waals surface area contributed by atoms with E-state index in [4.69, 9.17) is 5.73 Å². The molecule has 1 atom stereocenters. The highest BCUT2D eigenvalue weighted by Gasteiger charge is 2.10. The lowest BCUT2D eigenvalue weighted by Gasteiger charge is -2.21. The molecule has 2 N–H and O–H groups in total. The number of nitro benzene ring substituents is 1. The van der Waals surface area contributed by atoms with Crippen LogP contribution < -0.4 is 5.73 Å². The van der Waals surface area contributed by atoms with Gasteiger partial charge in [0.05, 0.1) is 4.92 Å². The first-order valence-corrected chi connectivity index (χ1v) is 6.57. The molecule has 0 aliphatic carbocycles. The van der Waals surface area contributed by atoms with E-state index < -0.39 is 0 Å². The van der Waals surface area contributed by atoms with Crippen LogP contribution in [0, 0.1) is 16.0 Å². The molecule has 0 fully saturated rings. The first-order valence-electron chi connectivity index (χ1n) is 6.57. The molecule has 19 heavy (non-hydrogen) atoms. The summed E-state index contributed by atoms with van der Waals surface area (Å²) in [5, 5.41) is 10.7. The molecule has 0 saturated heterocycles. The van der Waals surface area contributed by atoms with Gasteiger partial charge in [-0.15, -0.1) is 0 Å². The Morgan fingerprint density at radius 2 is 2.11 bits per heavy atom. The summed E-state index contributed by atoms with van der Waals surface area (Å²) >= 11 is 0. The van der Waals surface area contributed by atoms with Crippen molar-refractivity contribution in [3.8, 4) is 0 Å². The molecule has 0 aliphatic rings. The van der Waals surface area contributed by atoms with Crippen molar-refractivity contribution in [2.75, 3.05) is 13.6 Å². The van der Waals surface area contributed by atoms with Gasteiger partial charge in [-0.05, 0) is 31.5 Å².